The van der Waals surface area contributed by atoms with Gasteiger partial charge in [-0.05, 0) is 32.0 Å². The number of carboxylic acid groups (broad SMARTS) is 1. The summed E-state index contributed by atoms with van der Waals surface area (Å²) in [5.74, 6) is -1.70. The van der Waals surface area contributed by atoms with E-state index in [0.717, 1.165) is 6.07 Å². The number of aromatic nitrogens is 2. The third-order valence-electron chi connectivity index (χ3n) is 3.15. The number of carboxylic acids is 1. The maximum absolute atomic E-state index is 13.6. The summed E-state index contributed by atoms with van der Waals surface area (Å²) < 4.78 is 14.7. The van der Waals surface area contributed by atoms with Gasteiger partial charge in [-0.3, -0.25) is 9.36 Å². The summed E-state index contributed by atoms with van der Waals surface area (Å²) in [5, 5.41) is 8.87. The lowest BCUT2D eigenvalue weighted by molar-refractivity contribution is -0.136. The molecule has 0 unspecified atom stereocenters. The molecule has 1 aromatic carbocycles. The molecule has 2 aromatic rings. The third-order valence-corrected chi connectivity index (χ3v) is 3.46. The summed E-state index contributed by atoms with van der Waals surface area (Å²) in [4.78, 5) is 26.8. The van der Waals surface area contributed by atoms with E-state index in [1.807, 2.05) is 0 Å². The van der Waals surface area contributed by atoms with Crippen molar-refractivity contribution in [1.29, 1.82) is 0 Å². The molecule has 0 saturated heterocycles. The smallest absolute Gasteiger partial charge is 0.352 e. The zero-order valence-electron chi connectivity index (χ0n) is 11.4. The van der Waals surface area contributed by atoms with Gasteiger partial charge in [0, 0.05) is 17.0 Å². The van der Waals surface area contributed by atoms with E-state index in [9.17, 15) is 14.0 Å². The van der Waals surface area contributed by atoms with Crippen LogP contribution in [0.5, 0.6) is 0 Å². The highest BCUT2D eigenvalue weighted by molar-refractivity contribution is 6.30. The van der Waals surface area contributed by atoms with Gasteiger partial charge in [0.25, 0.3) is 0 Å². The van der Waals surface area contributed by atoms with Crippen molar-refractivity contribution in [2.24, 2.45) is 0 Å². The van der Waals surface area contributed by atoms with Gasteiger partial charge < -0.3 is 5.11 Å². The molecule has 0 spiro atoms. The number of halogens is 2. The van der Waals surface area contributed by atoms with Gasteiger partial charge in [0.15, 0.2) is 0 Å². The van der Waals surface area contributed by atoms with Crippen molar-refractivity contribution < 1.29 is 14.3 Å². The zero-order valence-corrected chi connectivity index (χ0v) is 12.1. The van der Waals surface area contributed by atoms with Crippen LogP contribution >= 0.6 is 11.6 Å². The molecular formula is C14H12ClFN2O3. The number of carbonyl (C=O) groups is 1. The first kappa shape index (κ1) is 15.2. The molecule has 0 radical (unpaired) electrons. The highest BCUT2D eigenvalue weighted by Gasteiger charge is 2.16. The van der Waals surface area contributed by atoms with E-state index < -0.39 is 17.5 Å². The van der Waals surface area contributed by atoms with E-state index in [0.29, 0.717) is 17.0 Å². The minimum atomic E-state index is -1.03. The van der Waals surface area contributed by atoms with Crippen LogP contribution < -0.4 is 5.69 Å². The van der Waals surface area contributed by atoms with Crippen molar-refractivity contribution in [3.63, 3.8) is 0 Å². The maximum Gasteiger partial charge on any atom is 0.352 e. The topological polar surface area (TPSA) is 72.2 Å². The van der Waals surface area contributed by atoms with E-state index in [1.165, 1.54) is 16.7 Å². The first-order valence-corrected chi connectivity index (χ1v) is 6.45. The normalized spacial score (nSPS) is 10.7. The predicted octanol–water partition coefficient (Wildman–Crippen LogP) is 2.27. The molecule has 1 heterocycles. The molecule has 0 amide bonds. The molecule has 0 bridgehead atoms. The maximum atomic E-state index is 13.6. The minimum Gasteiger partial charge on any atom is -0.481 e. The molecule has 21 heavy (non-hydrogen) atoms. The van der Waals surface area contributed by atoms with Gasteiger partial charge in [0.05, 0.1) is 17.1 Å². The lowest BCUT2D eigenvalue weighted by Crippen LogP contribution is -2.27. The largest absolute Gasteiger partial charge is 0.481 e. The molecule has 0 aliphatic heterocycles. The summed E-state index contributed by atoms with van der Waals surface area (Å²) in [6, 6.07) is 3.91. The van der Waals surface area contributed by atoms with Crippen molar-refractivity contribution in [1.82, 2.24) is 9.55 Å². The number of aliphatic carboxylic acids is 1. The van der Waals surface area contributed by atoms with E-state index in [-0.39, 0.29) is 17.1 Å². The second-order valence-corrected chi connectivity index (χ2v) is 4.96. The van der Waals surface area contributed by atoms with Crippen LogP contribution in [-0.2, 0) is 11.2 Å². The molecule has 0 atom stereocenters. The predicted molar refractivity (Wildman–Crippen MR) is 75.6 cm³/mol. The van der Waals surface area contributed by atoms with Gasteiger partial charge in [-0.2, -0.15) is 4.98 Å². The first-order valence-electron chi connectivity index (χ1n) is 6.07. The van der Waals surface area contributed by atoms with Gasteiger partial charge in [-0.1, -0.05) is 11.6 Å². The number of rotatable bonds is 3. The Morgan fingerprint density at radius 3 is 2.67 bits per heavy atom. The second-order valence-electron chi connectivity index (χ2n) is 4.55. The molecule has 7 heteroatoms. The van der Waals surface area contributed by atoms with Crippen molar-refractivity contribution in [3.05, 3.63) is 56.5 Å². The Labute approximate surface area is 124 Å². The fraction of sp³-hybridized carbons (Fsp3) is 0.214. The van der Waals surface area contributed by atoms with Crippen LogP contribution in [0.2, 0.25) is 5.02 Å². The Hall–Kier alpha value is -2.21. The fourth-order valence-electron chi connectivity index (χ4n) is 2.14. The molecule has 0 saturated carbocycles. The van der Waals surface area contributed by atoms with Crippen LogP contribution in [0, 0.1) is 19.7 Å². The van der Waals surface area contributed by atoms with E-state index in [1.54, 1.807) is 13.8 Å². The number of benzene rings is 1. The molecule has 110 valence electrons. The summed E-state index contributed by atoms with van der Waals surface area (Å²) in [6.07, 6.45) is -0.263. The highest BCUT2D eigenvalue weighted by Crippen LogP contribution is 2.20. The second kappa shape index (κ2) is 5.65. The van der Waals surface area contributed by atoms with Crippen LogP contribution in [0.25, 0.3) is 5.69 Å². The van der Waals surface area contributed by atoms with Crippen molar-refractivity contribution in [3.8, 4) is 5.69 Å². The number of nitrogens with zero attached hydrogens (tertiary/aromatic N) is 2. The van der Waals surface area contributed by atoms with Gasteiger partial charge in [-0.25, -0.2) is 9.18 Å². The molecule has 1 aromatic heterocycles. The number of aryl methyl sites for hydroxylation is 1. The van der Waals surface area contributed by atoms with Crippen LogP contribution in [0.15, 0.2) is 23.0 Å². The highest BCUT2D eigenvalue weighted by atomic mass is 35.5. The summed E-state index contributed by atoms with van der Waals surface area (Å²) in [5.41, 5.74) is 0.846. The van der Waals surface area contributed by atoms with Gasteiger partial charge >= 0.3 is 11.7 Å². The van der Waals surface area contributed by atoms with Crippen molar-refractivity contribution >= 4 is 17.6 Å². The summed E-state index contributed by atoms with van der Waals surface area (Å²) in [7, 11) is 0. The Bertz CT molecular complexity index is 787. The fourth-order valence-corrected chi connectivity index (χ4v) is 2.25. The molecule has 5 nitrogen and oxygen atoms in total. The first-order chi connectivity index (χ1) is 9.81. The van der Waals surface area contributed by atoms with Gasteiger partial charge in [0.2, 0.25) is 0 Å². The Balaban J connectivity index is 2.71. The molecule has 0 aliphatic rings. The Morgan fingerprint density at radius 2 is 2.10 bits per heavy atom. The van der Waals surface area contributed by atoms with E-state index in [2.05, 4.69) is 4.98 Å². The Kier molecular flexibility index (Phi) is 4.09. The zero-order chi connectivity index (χ0) is 15.7. The average molecular weight is 311 g/mol. The van der Waals surface area contributed by atoms with Crippen LogP contribution in [0.4, 0.5) is 4.39 Å². The average Bonchev–Trinajstić information content (AvgIpc) is 2.38. The van der Waals surface area contributed by atoms with E-state index in [4.69, 9.17) is 16.7 Å². The summed E-state index contributed by atoms with van der Waals surface area (Å²) >= 11 is 5.62. The van der Waals surface area contributed by atoms with Crippen molar-refractivity contribution in [2.75, 3.05) is 0 Å². The van der Waals surface area contributed by atoms with Gasteiger partial charge in [0.1, 0.15) is 5.82 Å². The molecule has 2 rings (SSSR count). The molecular weight excluding hydrogens is 299 g/mol. The van der Waals surface area contributed by atoms with Crippen LogP contribution in [-0.4, -0.2) is 20.6 Å². The SMILES string of the molecule is Cc1nc(=O)n(-c2ccc(Cl)c(F)c2)c(C)c1CC(=O)O. The monoisotopic (exact) mass is 310 g/mol. The minimum absolute atomic E-state index is 0.0599. The lowest BCUT2D eigenvalue weighted by atomic mass is 10.1. The lowest BCUT2D eigenvalue weighted by Gasteiger charge is -2.14. The number of hydrogen-bond donors (Lipinski definition) is 1. The third kappa shape index (κ3) is 2.95. The molecule has 0 aliphatic carbocycles. The van der Waals surface area contributed by atoms with E-state index >= 15 is 0 Å². The number of hydrogen-bond acceptors (Lipinski definition) is 3. The molecule has 0 fully saturated rings. The van der Waals surface area contributed by atoms with Crippen molar-refractivity contribution in [2.45, 2.75) is 20.3 Å². The van der Waals surface area contributed by atoms with Crippen LogP contribution in [0.1, 0.15) is 17.0 Å². The standard InChI is InChI=1S/C14H12ClFN2O3/c1-7-10(6-13(19)20)8(2)18(14(21)17-7)9-3-4-11(15)12(16)5-9/h3-5H,6H2,1-2H3,(H,19,20). The molecule has 1 N–H and O–H groups in total. The quantitative estimate of drug-likeness (QED) is 0.944. The van der Waals surface area contributed by atoms with Gasteiger partial charge in [-0.15, -0.1) is 0 Å². The summed E-state index contributed by atoms with van der Waals surface area (Å²) in [6.45, 7) is 3.17. The Morgan fingerprint density at radius 1 is 1.43 bits per heavy atom. The van der Waals surface area contributed by atoms with Crippen LogP contribution in [0.3, 0.4) is 0 Å².